The summed E-state index contributed by atoms with van der Waals surface area (Å²) in [6, 6.07) is 9.25. The zero-order valence-electron chi connectivity index (χ0n) is 17.9. The summed E-state index contributed by atoms with van der Waals surface area (Å²) in [7, 11) is 0. The lowest BCUT2D eigenvalue weighted by Crippen LogP contribution is -2.51. The lowest BCUT2D eigenvalue weighted by molar-refractivity contribution is -0.139. The number of nitrogens with zero attached hydrogens (tertiary/aromatic N) is 4. The van der Waals surface area contributed by atoms with E-state index in [4.69, 9.17) is 0 Å². The second-order valence-electron chi connectivity index (χ2n) is 8.95. The van der Waals surface area contributed by atoms with Crippen molar-refractivity contribution in [1.29, 1.82) is 0 Å². The van der Waals surface area contributed by atoms with Crippen LogP contribution >= 0.6 is 11.8 Å². The average Bonchev–Trinajstić information content (AvgIpc) is 3.52. The topological polar surface area (TPSA) is 109 Å². The van der Waals surface area contributed by atoms with E-state index in [0.29, 0.717) is 29.8 Å². The molecule has 2 N–H and O–H groups in total. The molecule has 5 rings (SSSR count). The fourth-order valence-corrected chi connectivity index (χ4v) is 5.15. The van der Waals surface area contributed by atoms with E-state index >= 15 is 0 Å². The van der Waals surface area contributed by atoms with E-state index in [9.17, 15) is 14.4 Å². The summed E-state index contributed by atoms with van der Waals surface area (Å²) in [5.41, 5.74) is 2.56. The number of carbonyl (C=O) groups excluding carboxylic acids is 3. The average molecular weight is 455 g/mol. The first kappa shape index (κ1) is 21.0. The van der Waals surface area contributed by atoms with Gasteiger partial charge in [0.15, 0.2) is 5.16 Å². The maximum Gasteiger partial charge on any atom is 0.344 e. The van der Waals surface area contributed by atoms with Gasteiger partial charge in [-0.2, -0.15) is 5.01 Å². The molecule has 1 aromatic carbocycles. The van der Waals surface area contributed by atoms with Gasteiger partial charge in [0.25, 0.3) is 5.91 Å². The van der Waals surface area contributed by atoms with Crippen LogP contribution in [0.5, 0.6) is 0 Å². The van der Waals surface area contributed by atoms with Gasteiger partial charge in [-0.25, -0.2) is 4.79 Å². The first-order chi connectivity index (χ1) is 15.5. The first-order valence-electron chi connectivity index (χ1n) is 11.1. The van der Waals surface area contributed by atoms with Gasteiger partial charge in [-0.15, -0.1) is 10.2 Å². The predicted octanol–water partition coefficient (Wildman–Crippen LogP) is 2.77. The zero-order chi connectivity index (χ0) is 22.3. The fraction of sp³-hybridized carbons (Fsp3) is 0.500. The molecular formula is C22H26N6O3S. The first-order valence-corrected chi connectivity index (χ1v) is 12.0. The highest BCUT2D eigenvalue weighted by Gasteiger charge is 2.52. The number of amides is 4. The van der Waals surface area contributed by atoms with Gasteiger partial charge in [0, 0.05) is 11.6 Å². The molecule has 168 valence electrons. The van der Waals surface area contributed by atoms with Gasteiger partial charge in [-0.3, -0.25) is 19.6 Å². The van der Waals surface area contributed by atoms with Gasteiger partial charge in [0.1, 0.15) is 11.4 Å². The molecule has 10 heteroatoms. The molecule has 1 saturated heterocycles. The summed E-state index contributed by atoms with van der Waals surface area (Å²) in [5, 5.41) is 12.9. The summed E-state index contributed by atoms with van der Waals surface area (Å²) in [4.78, 5) is 38.0. The third-order valence-corrected chi connectivity index (χ3v) is 7.40. The van der Waals surface area contributed by atoms with Crippen molar-refractivity contribution in [3.05, 3.63) is 36.2 Å². The van der Waals surface area contributed by atoms with E-state index < -0.39 is 17.5 Å². The number of thioether (sulfide) groups is 1. The summed E-state index contributed by atoms with van der Waals surface area (Å²) in [6.45, 7) is 2.15. The Morgan fingerprint density at radius 2 is 1.88 bits per heavy atom. The number of carbonyl (C=O) groups is 3. The summed E-state index contributed by atoms with van der Waals surface area (Å²) >= 11 is 1.24. The molecule has 32 heavy (non-hydrogen) atoms. The minimum atomic E-state index is -0.878. The van der Waals surface area contributed by atoms with E-state index in [0.717, 1.165) is 42.2 Å². The van der Waals surface area contributed by atoms with Crippen molar-refractivity contribution in [2.45, 2.75) is 62.1 Å². The Morgan fingerprint density at radius 1 is 1.16 bits per heavy atom. The minimum absolute atomic E-state index is 0.0106. The monoisotopic (exact) mass is 454 g/mol. The predicted molar refractivity (Wildman–Crippen MR) is 118 cm³/mol. The van der Waals surface area contributed by atoms with E-state index in [-0.39, 0.29) is 11.7 Å². The van der Waals surface area contributed by atoms with Crippen LogP contribution in [0, 0.1) is 5.92 Å². The Hall–Kier alpha value is -2.88. The number of hydrazine groups is 1. The zero-order valence-corrected chi connectivity index (χ0v) is 18.7. The molecule has 0 bridgehead atoms. The number of hydrogen-bond acceptors (Lipinski definition) is 6. The molecule has 2 saturated carbocycles. The summed E-state index contributed by atoms with van der Waals surface area (Å²) in [5.74, 6) is 1.05. The number of para-hydroxylation sites is 1. The van der Waals surface area contributed by atoms with Crippen molar-refractivity contribution in [2.75, 3.05) is 5.75 Å². The highest BCUT2D eigenvalue weighted by molar-refractivity contribution is 7.99. The number of nitrogens with one attached hydrogen (secondary N) is 2. The quantitative estimate of drug-likeness (QED) is 0.513. The third kappa shape index (κ3) is 3.87. The van der Waals surface area contributed by atoms with Crippen LogP contribution in [0.4, 0.5) is 4.79 Å². The van der Waals surface area contributed by atoms with E-state index in [1.165, 1.54) is 11.8 Å². The lowest BCUT2D eigenvalue weighted by Gasteiger charge is -2.33. The van der Waals surface area contributed by atoms with Gasteiger partial charge < -0.3 is 5.32 Å². The molecule has 4 amide bonds. The number of rotatable bonds is 6. The molecule has 1 spiro atoms. The summed E-state index contributed by atoms with van der Waals surface area (Å²) < 4.78 is 1.99. The molecule has 0 radical (unpaired) electrons. The number of imide groups is 1. The Kier molecular flexibility index (Phi) is 5.40. The SMILES string of the molecule is CC1CCC2(CC1)NC(=O)N(NC(=O)CSc1nnc(C3CC3)n1-c1ccccc1)C2=O. The molecule has 0 atom stereocenters. The molecular weight excluding hydrogens is 428 g/mol. The van der Waals surface area contributed by atoms with Crippen LogP contribution in [0.3, 0.4) is 0 Å². The number of aromatic nitrogens is 3. The van der Waals surface area contributed by atoms with Gasteiger partial charge in [-0.05, 0) is 56.6 Å². The largest absolute Gasteiger partial charge is 0.344 e. The second-order valence-corrected chi connectivity index (χ2v) is 9.89. The molecule has 2 aliphatic carbocycles. The minimum Gasteiger partial charge on any atom is -0.322 e. The smallest absolute Gasteiger partial charge is 0.322 e. The van der Waals surface area contributed by atoms with Crippen LogP contribution < -0.4 is 10.7 Å². The highest BCUT2D eigenvalue weighted by Crippen LogP contribution is 2.41. The normalized spacial score (nSPS) is 25.3. The molecule has 2 heterocycles. The Balaban J connectivity index is 1.25. The van der Waals surface area contributed by atoms with Gasteiger partial charge in [0.2, 0.25) is 5.91 Å². The Morgan fingerprint density at radius 3 is 2.56 bits per heavy atom. The van der Waals surface area contributed by atoms with Crippen molar-refractivity contribution in [3.8, 4) is 5.69 Å². The van der Waals surface area contributed by atoms with Crippen molar-refractivity contribution in [1.82, 2.24) is 30.5 Å². The van der Waals surface area contributed by atoms with Crippen LogP contribution in [0.2, 0.25) is 0 Å². The van der Waals surface area contributed by atoms with Crippen LogP contribution in [-0.2, 0) is 9.59 Å². The number of urea groups is 1. The molecule has 1 aromatic heterocycles. The van der Waals surface area contributed by atoms with Crippen LogP contribution in [0.1, 0.15) is 57.2 Å². The summed E-state index contributed by atoms with van der Waals surface area (Å²) in [6.07, 6.45) is 5.13. The maximum atomic E-state index is 12.9. The van der Waals surface area contributed by atoms with Crippen LogP contribution in [0.15, 0.2) is 35.5 Å². The van der Waals surface area contributed by atoms with Gasteiger partial charge in [0.05, 0.1) is 5.75 Å². The number of benzene rings is 1. The Labute approximate surface area is 190 Å². The maximum absolute atomic E-state index is 12.9. The van der Waals surface area contributed by atoms with Crippen LogP contribution in [0.25, 0.3) is 5.69 Å². The van der Waals surface area contributed by atoms with Gasteiger partial charge >= 0.3 is 6.03 Å². The molecule has 9 nitrogen and oxygen atoms in total. The third-order valence-electron chi connectivity index (χ3n) is 6.47. The van der Waals surface area contributed by atoms with Gasteiger partial charge in [-0.1, -0.05) is 36.9 Å². The standard InChI is InChI=1S/C22H26N6O3S/c1-14-9-11-22(12-10-14)19(30)28(20(31)23-22)26-17(29)13-32-21-25-24-18(15-7-8-15)27(21)16-5-3-2-4-6-16/h2-6,14-15H,7-13H2,1H3,(H,23,31)(H,26,29). The van der Waals surface area contributed by atoms with E-state index in [2.05, 4.69) is 27.9 Å². The highest BCUT2D eigenvalue weighted by atomic mass is 32.2. The van der Waals surface area contributed by atoms with Crippen LogP contribution in [-0.4, -0.2) is 48.9 Å². The molecule has 0 unspecified atom stereocenters. The van der Waals surface area contributed by atoms with Crippen molar-refractivity contribution < 1.29 is 14.4 Å². The van der Waals surface area contributed by atoms with E-state index in [1.807, 2.05) is 34.9 Å². The van der Waals surface area contributed by atoms with Crippen molar-refractivity contribution in [3.63, 3.8) is 0 Å². The van der Waals surface area contributed by atoms with Crippen molar-refractivity contribution >= 4 is 29.6 Å². The second kappa shape index (κ2) is 8.23. The van der Waals surface area contributed by atoms with E-state index in [1.54, 1.807) is 0 Å². The lowest BCUT2D eigenvalue weighted by atomic mass is 9.77. The molecule has 3 fully saturated rings. The Bertz CT molecular complexity index is 1040. The molecule has 1 aliphatic heterocycles. The molecule has 2 aromatic rings. The number of hydrogen-bond donors (Lipinski definition) is 2. The van der Waals surface area contributed by atoms with Crippen molar-refractivity contribution in [2.24, 2.45) is 5.92 Å². The fourth-order valence-electron chi connectivity index (χ4n) is 4.40. The molecule has 3 aliphatic rings.